The number of aryl methyl sites for hydroxylation is 2. The molecule has 3 atom stereocenters. The van der Waals surface area contributed by atoms with Gasteiger partial charge in [0, 0.05) is 62.2 Å². The maximum atomic E-state index is 14.1. The first-order valence-electron chi connectivity index (χ1n) is 26.9. The lowest BCUT2D eigenvalue weighted by Gasteiger charge is -2.35. The van der Waals surface area contributed by atoms with Crippen molar-refractivity contribution in [2.45, 2.75) is 136 Å². The zero-order valence-corrected chi connectivity index (χ0v) is 46.3. The van der Waals surface area contributed by atoms with Crippen LogP contribution in [0.25, 0.3) is 21.3 Å². The van der Waals surface area contributed by atoms with Gasteiger partial charge in [-0.3, -0.25) is 28.8 Å². The van der Waals surface area contributed by atoms with Crippen molar-refractivity contribution in [2.75, 3.05) is 36.8 Å². The van der Waals surface area contributed by atoms with Gasteiger partial charge in [0.15, 0.2) is 0 Å². The van der Waals surface area contributed by atoms with Gasteiger partial charge in [-0.05, 0) is 86.5 Å². The van der Waals surface area contributed by atoms with Crippen LogP contribution in [0.2, 0.25) is 5.02 Å². The Balaban J connectivity index is 0.770. The molecule has 4 amide bonds. The second-order valence-corrected chi connectivity index (χ2v) is 22.4. The molecule has 0 saturated carbocycles. The number of halogens is 2. The summed E-state index contributed by atoms with van der Waals surface area (Å²) in [5.41, 5.74) is 6.15. The molecule has 414 valence electrons. The number of thiazole rings is 1. The first kappa shape index (κ1) is 57.3. The Labute approximate surface area is 463 Å². The van der Waals surface area contributed by atoms with Crippen LogP contribution in [0.3, 0.4) is 0 Å². The second-order valence-electron chi connectivity index (χ2n) is 21.2. The fourth-order valence-corrected chi connectivity index (χ4v) is 10.7. The van der Waals surface area contributed by atoms with E-state index in [4.69, 9.17) is 16.3 Å². The van der Waals surface area contributed by atoms with Crippen LogP contribution in [0.1, 0.15) is 108 Å². The topological polar surface area (TPSA) is 222 Å². The van der Waals surface area contributed by atoms with Crippen LogP contribution in [-0.2, 0) is 38.9 Å². The lowest BCUT2D eigenvalue weighted by atomic mass is 9.85. The van der Waals surface area contributed by atoms with Gasteiger partial charge in [0.05, 0.1) is 44.6 Å². The van der Waals surface area contributed by atoms with E-state index in [1.54, 1.807) is 34.2 Å². The van der Waals surface area contributed by atoms with Crippen LogP contribution in [0, 0.1) is 18.2 Å². The number of rotatable bonds is 24. The number of ether oxygens (including phenoxy) is 1. The van der Waals surface area contributed by atoms with E-state index < -0.39 is 29.4 Å². The molecule has 78 heavy (non-hydrogen) atoms. The van der Waals surface area contributed by atoms with Crippen LogP contribution in [0.5, 0.6) is 5.75 Å². The number of benzene rings is 3. The van der Waals surface area contributed by atoms with Crippen molar-refractivity contribution in [3.05, 3.63) is 113 Å². The average Bonchev–Trinajstić information content (AvgIpc) is 4.22. The molecule has 2 aliphatic heterocycles. The molecular weight excluding hydrogens is 1040 g/mol. The third-order valence-corrected chi connectivity index (χ3v) is 15.2. The third kappa shape index (κ3) is 15.9. The van der Waals surface area contributed by atoms with E-state index in [9.17, 15) is 28.7 Å². The van der Waals surface area contributed by atoms with Crippen molar-refractivity contribution in [2.24, 2.45) is 5.41 Å². The van der Waals surface area contributed by atoms with E-state index in [0.29, 0.717) is 59.0 Å². The van der Waals surface area contributed by atoms with Crippen LogP contribution >= 0.6 is 22.9 Å². The van der Waals surface area contributed by atoms with Gasteiger partial charge in [0.2, 0.25) is 23.6 Å². The number of nitrogens with one attached hydrogen (secondary N) is 4. The highest BCUT2D eigenvalue weighted by Crippen LogP contribution is 2.35. The molecule has 5 N–H and O–H groups in total. The second kappa shape index (κ2) is 27.1. The van der Waals surface area contributed by atoms with Crippen molar-refractivity contribution < 1.29 is 33.4 Å². The number of hydrogen-bond donors (Lipinski definition) is 5. The maximum Gasteiger partial charge on any atom is 0.248 e. The van der Waals surface area contributed by atoms with Gasteiger partial charge in [-0.15, -0.1) is 16.4 Å². The highest BCUT2D eigenvalue weighted by molar-refractivity contribution is 7.13. The summed E-state index contributed by atoms with van der Waals surface area (Å²) in [7, 11) is 0. The van der Waals surface area contributed by atoms with Crippen molar-refractivity contribution in [1.29, 1.82) is 0 Å². The molecule has 0 bridgehead atoms. The van der Waals surface area contributed by atoms with Crippen LogP contribution in [-0.4, -0.2) is 113 Å². The zero-order valence-electron chi connectivity index (χ0n) is 44.8. The van der Waals surface area contributed by atoms with E-state index in [1.165, 1.54) is 35.9 Å². The van der Waals surface area contributed by atoms with E-state index in [2.05, 4.69) is 51.4 Å². The number of fused-ring (bicyclic) bond motifs is 1. The molecule has 2 fully saturated rings. The smallest absolute Gasteiger partial charge is 0.248 e. The number of unbranched alkanes of at least 4 members (excludes halogenated alkanes) is 5. The summed E-state index contributed by atoms with van der Waals surface area (Å²) in [5, 5.41) is 31.9. The number of anilines is 3. The molecule has 21 heteroatoms. The highest BCUT2D eigenvalue weighted by atomic mass is 35.5. The number of nitrogens with zero attached hydrogens (tertiary/aromatic N) is 8. The molecular formula is C57H70ClFN12O6S. The van der Waals surface area contributed by atoms with E-state index >= 15 is 0 Å². The van der Waals surface area contributed by atoms with Crippen molar-refractivity contribution in [1.82, 2.24) is 50.4 Å². The number of hydrogen-bond acceptors (Lipinski definition) is 14. The molecule has 6 aromatic rings. The largest absolute Gasteiger partial charge is 0.485 e. The maximum absolute atomic E-state index is 14.1. The number of likely N-dealkylation sites (tertiary alicyclic amines) is 2. The highest BCUT2D eigenvalue weighted by Gasteiger charge is 2.44. The van der Waals surface area contributed by atoms with Crippen LogP contribution in [0.15, 0.2) is 84.8 Å². The fourth-order valence-electron chi connectivity index (χ4n) is 9.68. The first-order chi connectivity index (χ1) is 37.6. The molecule has 0 aliphatic carbocycles. The predicted molar refractivity (Wildman–Crippen MR) is 301 cm³/mol. The Hall–Kier alpha value is -6.87. The van der Waals surface area contributed by atoms with Crippen LogP contribution in [0.4, 0.5) is 21.6 Å². The number of β-amino-alcohol motifs (C(OH)–C–C–N with tert-alkyl or cyclic N) is 1. The number of amides is 4. The number of aromatic nitrogens is 6. The molecule has 3 aromatic carbocycles. The Morgan fingerprint density at radius 2 is 1.73 bits per heavy atom. The quantitative estimate of drug-likeness (QED) is 0.0282. The van der Waals surface area contributed by atoms with E-state index in [0.717, 1.165) is 79.7 Å². The summed E-state index contributed by atoms with van der Waals surface area (Å²) in [6.45, 7) is 11.3. The Morgan fingerprint density at radius 1 is 0.962 bits per heavy atom. The minimum atomic E-state index is -0.883. The Morgan fingerprint density at radius 3 is 2.47 bits per heavy atom. The minimum absolute atomic E-state index is 0.0115. The molecule has 5 heterocycles. The number of carbonyl (C=O) groups excluding carboxylic acids is 4. The van der Waals surface area contributed by atoms with Gasteiger partial charge in [-0.1, -0.05) is 100 Å². The number of piperidine rings is 1. The molecule has 3 unspecified atom stereocenters. The summed E-state index contributed by atoms with van der Waals surface area (Å²) < 4.78 is 22.0. The van der Waals surface area contributed by atoms with Gasteiger partial charge in [0.25, 0.3) is 0 Å². The average molecular weight is 1110 g/mol. The van der Waals surface area contributed by atoms with Crippen molar-refractivity contribution in [3.8, 4) is 16.2 Å². The molecule has 3 aromatic heterocycles. The zero-order chi connectivity index (χ0) is 55.2. The number of aliphatic hydroxyl groups is 1. The Kier molecular flexibility index (Phi) is 19.9. The molecule has 2 aliphatic rings. The summed E-state index contributed by atoms with van der Waals surface area (Å²) in [6.07, 6.45) is 14.9. The summed E-state index contributed by atoms with van der Waals surface area (Å²) in [6, 6.07) is 13.9. The van der Waals surface area contributed by atoms with Crippen molar-refractivity contribution >= 4 is 74.7 Å². The lowest BCUT2D eigenvalue weighted by Crippen LogP contribution is -2.57. The SMILES string of the molecule is Cc1ncsc1-c1ccc(CNC(=O)C2CC(O)CN2C(=O)C(NC(=O)CCCCCCCCn2cc(COc3cc4ncnc(Nc5ccc(F)c(Cl)c5)c4cc3NC(=O)C=CCN3CCCCC3)nn2)C(C)(C)C)cc1. The fraction of sp³-hybridized carbons (Fsp3) is 0.456. The third-order valence-electron chi connectivity index (χ3n) is 14.0. The van der Waals surface area contributed by atoms with Crippen LogP contribution < -0.4 is 26.0 Å². The standard InChI is InChI=1S/C57H70ClFN12O6S/c1-37-52(78-36-63-37)39-19-17-38(18-20-39)31-60-55(75)48-28-42(72)33-71(48)56(76)53(57(2,3)4)66-51(74)15-10-7-5-6-8-13-26-70-32-41(67-68-70)34-77-49-30-46-43(54(62-35-61-46)64-40-21-22-45(59)44(58)27-40)29-47(49)65-50(73)16-14-25-69-23-11-9-12-24-69/h14,16-22,27,29-30,32,35-36,42,48,53,72H,5-13,15,23-26,28,31,33-34H2,1-4H3,(H,60,75)(H,65,73)(H,66,74)(H,61,62,64). The van der Waals surface area contributed by atoms with Gasteiger partial charge >= 0.3 is 0 Å². The molecule has 18 nitrogen and oxygen atoms in total. The summed E-state index contributed by atoms with van der Waals surface area (Å²) in [4.78, 5) is 72.2. The number of carbonyl (C=O) groups is 4. The Bertz CT molecular complexity index is 3050. The van der Waals surface area contributed by atoms with Gasteiger partial charge in [-0.2, -0.15) is 0 Å². The molecule has 0 radical (unpaired) electrons. The van der Waals surface area contributed by atoms with Gasteiger partial charge in [0.1, 0.15) is 48.1 Å². The summed E-state index contributed by atoms with van der Waals surface area (Å²) in [5.74, 6) is -1.02. The van der Waals surface area contributed by atoms with Gasteiger partial charge in [-0.25, -0.2) is 19.3 Å². The molecule has 0 spiro atoms. The van der Waals surface area contributed by atoms with E-state index in [1.807, 2.05) is 69.7 Å². The van der Waals surface area contributed by atoms with Gasteiger partial charge < -0.3 is 36.0 Å². The minimum Gasteiger partial charge on any atom is -0.485 e. The monoisotopic (exact) mass is 1100 g/mol. The lowest BCUT2D eigenvalue weighted by molar-refractivity contribution is -0.144. The molecule has 8 rings (SSSR count). The van der Waals surface area contributed by atoms with Crippen molar-refractivity contribution in [3.63, 3.8) is 0 Å². The molecule has 2 saturated heterocycles. The normalized spacial score (nSPS) is 16.4. The van der Waals surface area contributed by atoms with E-state index in [-0.39, 0.29) is 61.2 Å². The number of aliphatic hydroxyl groups excluding tert-OH is 1. The first-order valence-corrected chi connectivity index (χ1v) is 28.1. The predicted octanol–water partition coefficient (Wildman–Crippen LogP) is 9.29. The summed E-state index contributed by atoms with van der Waals surface area (Å²) >= 11 is 7.63.